The zero-order valence-electron chi connectivity index (χ0n) is 16.4. The van der Waals surface area contributed by atoms with Gasteiger partial charge in [-0.05, 0) is 38.0 Å². The van der Waals surface area contributed by atoms with Crippen molar-refractivity contribution in [3.63, 3.8) is 0 Å². The topological polar surface area (TPSA) is 83.5 Å². The predicted octanol–water partition coefficient (Wildman–Crippen LogP) is 3.03. The van der Waals surface area contributed by atoms with Gasteiger partial charge in [0, 0.05) is 42.7 Å². The molecule has 0 bridgehead atoms. The van der Waals surface area contributed by atoms with E-state index in [1.54, 1.807) is 0 Å². The Balaban J connectivity index is 1.59. The van der Waals surface area contributed by atoms with Gasteiger partial charge in [0.15, 0.2) is 5.78 Å². The highest BCUT2D eigenvalue weighted by Gasteiger charge is 2.33. The normalized spacial score (nSPS) is 13.8. The minimum Gasteiger partial charge on any atom is -0.335 e. The van der Waals surface area contributed by atoms with E-state index in [0.29, 0.717) is 5.56 Å². The fraction of sp³-hybridized carbons (Fsp3) is 0.333. The van der Waals surface area contributed by atoms with Crippen molar-refractivity contribution in [1.82, 2.24) is 9.62 Å². The van der Waals surface area contributed by atoms with Crippen LogP contribution in [0.3, 0.4) is 0 Å². The van der Waals surface area contributed by atoms with E-state index in [-0.39, 0.29) is 47.7 Å². The summed E-state index contributed by atoms with van der Waals surface area (Å²) in [5.41, 5.74) is 0.611. The first-order valence-electron chi connectivity index (χ1n) is 9.51. The van der Waals surface area contributed by atoms with Crippen molar-refractivity contribution in [2.75, 3.05) is 6.54 Å². The number of Topliss-reactive ketones (excluding diaryl/α,β-unsaturated/α-hetero) is 1. The van der Waals surface area contributed by atoms with E-state index >= 15 is 0 Å². The highest BCUT2D eigenvalue weighted by Crippen LogP contribution is 2.29. The minimum atomic E-state index is -3.83. The molecule has 0 aliphatic heterocycles. The van der Waals surface area contributed by atoms with Crippen LogP contribution in [0.2, 0.25) is 0 Å². The van der Waals surface area contributed by atoms with Crippen LogP contribution < -0.4 is 4.72 Å². The summed E-state index contributed by atoms with van der Waals surface area (Å²) < 4.78 is 54.1. The van der Waals surface area contributed by atoms with Crippen molar-refractivity contribution >= 4 is 21.7 Å². The Labute approximate surface area is 173 Å². The second-order valence-corrected chi connectivity index (χ2v) is 8.98. The number of benzene rings is 2. The molecule has 1 N–H and O–H groups in total. The standard InChI is InChI=1S/C21H22F2N2O4S/c1-14(26)15-3-8-19(9-4-15)30(28,29)24-11-10-21(27)25(18-6-7-18)13-16-2-5-17(22)12-20(16)23/h2-5,8-9,12,18,24H,6-7,10-11,13H2,1H3. The summed E-state index contributed by atoms with van der Waals surface area (Å²) in [5, 5.41) is 0. The van der Waals surface area contributed by atoms with Gasteiger partial charge in [-0.25, -0.2) is 21.9 Å². The van der Waals surface area contributed by atoms with Gasteiger partial charge < -0.3 is 4.90 Å². The fourth-order valence-electron chi connectivity index (χ4n) is 3.03. The summed E-state index contributed by atoms with van der Waals surface area (Å²) in [6.45, 7) is 1.27. The summed E-state index contributed by atoms with van der Waals surface area (Å²) in [6, 6.07) is 8.71. The molecule has 0 spiro atoms. The molecule has 0 heterocycles. The van der Waals surface area contributed by atoms with Gasteiger partial charge in [0.25, 0.3) is 0 Å². The van der Waals surface area contributed by atoms with Crippen LogP contribution in [-0.2, 0) is 21.4 Å². The number of halogens is 2. The van der Waals surface area contributed by atoms with E-state index in [4.69, 9.17) is 0 Å². The molecule has 1 aliphatic rings. The molecule has 0 atom stereocenters. The first-order chi connectivity index (χ1) is 14.2. The lowest BCUT2D eigenvalue weighted by Crippen LogP contribution is -2.36. The summed E-state index contributed by atoms with van der Waals surface area (Å²) >= 11 is 0. The second kappa shape index (κ2) is 9.01. The summed E-state index contributed by atoms with van der Waals surface area (Å²) in [5.74, 6) is -1.89. The Kier molecular flexibility index (Phi) is 6.62. The van der Waals surface area contributed by atoms with E-state index in [1.807, 2.05) is 0 Å². The SMILES string of the molecule is CC(=O)c1ccc(S(=O)(=O)NCCC(=O)N(Cc2ccc(F)cc2F)C2CC2)cc1. The monoisotopic (exact) mass is 436 g/mol. The van der Waals surface area contributed by atoms with Crippen molar-refractivity contribution in [2.45, 2.75) is 43.7 Å². The van der Waals surface area contributed by atoms with Crippen molar-refractivity contribution < 1.29 is 26.8 Å². The number of rotatable bonds is 9. The zero-order chi connectivity index (χ0) is 21.9. The van der Waals surface area contributed by atoms with E-state index in [1.165, 1.54) is 42.2 Å². The lowest BCUT2D eigenvalue weighted by Gasteiger charge is -2.23. The number of carbonyl (C=O) groups excluding carboxylic acids is 2. The molecule has 9 heteroatoms. The number of nitrogens with one attached hydrogen (secondary N) is 1. The number of hydrogen-bond donors (Lipinski definition) is 1. The number of sulfonamides is 1. The first-order valence-corrected chi connectivity index (χ1v) is 11.0. The van der Waals surface area contributed by atoms with Gasteiger partial charge in [-0.2, -0.15) is 0 Å². The maximum absolute atomic E-state index is 13.9. The molecule has 0 aromatic heterocycles. The Morgan fingerprint density at radius 2 is 1.77 bits per heavy atom. The van der Waals surface area contributed by atoms with E-state index < -0.39 is 21.7 Å². The summed E-state index contributed by atoms with van der Waals surface area (Å²) in [7, 11) is -3.83. The smallest absolute Gasteiger partial charge is 0.240 e. The minimum absolute atomic E-state index is 0.00705. The van der Waals surface area contributed by atoms with E-state index in [9.17, 15) is 26.8 Å². The molecule has 2 aromatic carbocycles. The number of carbonyl (C=O) groups is 2. The largest absolute Gasteiger partial charge is 0.335 e. The molecule has 0 saturated heterocycles. The molecule has 3 rings (SSSR count). The number of hydrogen-bond acceptors (Lipinski definition) is 4. The van der Waals surface area contributed by atoms with Gasteiger partial charge in [-0.1, -0.05) is 18.2 Å². The Morgan fingerprint density at radius 1 is 1.10 bits per heavy atom. The van der Waals surface area contributed by atoms with Gasteiger partial charge >= 0.3 is 0 Å². The van der Waals surface area contributed by atoms with Crippen LogP contribution in [0.1, 0.15) is 42.1 Å². The van der Waals surface area contributed by atoms with Crippen molar-refractivity contribution in [2.24, 2.45) is 0 Å². The van der Waals surface area contributed by atoms with Gasteiger partial charge in [0.1, 0.15) is 11.6 Å². The third kappa shape index (κ3) is 5.48. The Morgan fingerprint density at radius 3 is 2.33 bits per heavy atom. The third-order valence-corrected chi connectivity index (χ3v) is 6.34. The maximum atomic E-state index is 13.9. The predicted molar refractivity (Wildman–Crippen MR) is 106 cm³/mol. The highest BCUT2D eigenvalue weighted by atomic mass is 32.2. The average Bonchev–Trinajstić information content (AvgIpc) is 3.52. The summed E-state index contributed by atoms with van der Waals surface area (Å²) in [6.07, 6.45) is 1.50. The van der Waals surface area contributed by atoms with Crippen molar-refractivity contribution in [3.05, 3.63) is 65.2 Å². The van der Waals surface area contributed by atoms with Crippen LogP contribution in [0, 0.1) is 11.6 Å². The molecule has 160 valence electrons. The molecular weight excluding hydrogens is 414 g/mol. The maximum Gasteiger partial charge on any atom is 0.240 e. The zero-order valence-corrected chi connectivity index (χ0v) is 17.2. The van der Waals surface area contributed by atoms with Crippen LogP contribution in [0.25, 0.3) is 0 Å². The Bertz CT molecular complexity index is 1050. The molecular formula is C21H22F2N2O4S. The third-order valence-electron chi connectivity index (χ3n) is 4.87. The van der Waals surface area contributed by atoms with Gasteiger partial charge in [-0.15, -0.1) is 0 Å². The number of ketones is 1. The molecule has 1 saturated carbocycles. The molecule has 1 aliphatic carbocycles. The summed E-state index contributed by atoms with van der Waals surface area (Å²) in [4.78, 5) is 25.4. The second-order valence-electron chi connectivity index (χ2n) is 7.22. The molecule has 2 aromatic rings. The highest BCUT2D eigenvalue weighted by molar-refractivity contribution is 7.89. The van der Waals surface area contributed by atoms with Crippen molar-refractivity contribution in [3.8, 4) is 0 Å². The molecule has 1 fully saturated rings. The van der Waals surface area contributed by atoms with Gasteiger partial charge in [0.2, 0.25) is 15.9 Å². The van der Waals surface area contributed by atoms with Crippen LogP contribution in [0.15, 0.2) is 47.4 Å². The molecule has 30 heavy (non-hydrogen) atoms. The lowest BCUT2D eigenvalue weighted by molar-refractivity contribution is -0.132. The van der Waals surface area contributed by atoms with Gasteiger partial charge in [-0.3, -0.25) is 9.59 Å². The van der Waals surface area contributed by atoms with Gasteiger partial charge in [0.05, 0.1) is 4.90 Å². The molecule has 1 amide bonds. The molecule has 6 nitrogen and oxygen atoms in total. The quantitative estimate of drug-likeness (QED) is 0.613. The lowest BCUT2D eigenvalue weighted by atomic mass is 10.2. The van der Waals surface area contributed by atoms with E-state index in [2.05, 4.69) is 4.72 Å². The fourth-order valence-corrected chi connectivity index (χ4v) is 4.06. The van der Waals surface area contributed by atoms with E-state index in [0.717, 1.165) is 25.0 Å². The van der Waals surface area contributed by atoms with Crippen LogP contribution in [-0.4, -0.2) is 37.6 Å². The van der Waals surface area contributed by atoms with Crippen LogP contribution in [0.4, 0.5) is 8.78 Å². The average molecular weight is 436 g/mol. The number of nitrogens with zero attached hydrogens (tertiary/aromatic N) is 1. The van der Waals surface area contributed by atoms with Crippen molar-refractivity contribution in [1.29, 1.82) is 0 Å². The Hall–Kier alpha value is -2.65. The van der Waals surface area contributed by atoms with Crippen LogP contribution in [0.5, 0.6) is 0 Å². The number of amides is 1. The molecule has 0 radical (unpaired) electrons. The first kappa shape index (κ1) is 22.0. The van der Waals surface area contributed by atoms with Crippen LogP contribution >= 0.6 is 0 Å². The molecule has 0 unspecified atom stereocenters.